The zero-order chi connectivity index (χ0) is 16.8. The first kappa shape index (κ1) is 15.9. The van der Waals surface area contributed by atoms with Crippen LogP contribution in [0.1, 0.15) is 12.5 Å². The molecule has 0 aromatic heterocycles. The Labute approximate surface area is 133 Å². The number of nitriles is 3. The fourth-order valence-corrected chi connectivity index (χ4v) is 2.30. The van der Waals surface area contributed by atoms with Crippen molar-refractivity contribution in [3.63, 3.8) is 0 Å². The van der Waals surface area contributed by atoms with Crippen molar-refractivity contribution in [1.29, 1.82) is 15.8 Å². The van der Waals surface area contributed by atoms with E-state index in [1.807, 2.05) is 0 Å². The van der Waals surface area contributed by atoms with Crippen LogP contribution in [0.15, 0.2) is 29.5 Å². The van der Waals surface area contributed by atoms with E-state index in [9.17, 15) is 4.79 Å². The molecule has 7 heteroatoms. The topological polar surface area (TPSA) is 113 Å². The van der Waals surface area contributed by atoms with E-state index in [1.165, 1.54) is 0 Å². The van der Waals surface area contributed by atoms with E-state index in [0.29, 0.717) is 25.3 Å². The Morgan fingerprint density at radius 3 is 2.65 bits per heavy atom. The third-order valence-corrected chi connectivity index (χ3v) is 3.32. The lowest BCUT2D eigenvalue weighted by Gasteiger charge is -2.16. The summed E-state index contributed by atoms with van der Waals surface area (Å²) in [6, 6.07) is 10.4. The molecule has 1 N–H and O–H groups in total. The number of hydrogen-bond acceptors (Lipinski definition) is 6. The van der Waals surface area contributed by atoms with Crippen molar-refractivity contribution in [1.82, 2.24) is 0 Å². The molecular weight excluding hydrogens is 294 g/mol. The minimum Gasteiger partial charge on any atom is -0.449 e. The Morgan fingerprint density at radius 1 is 1.30 bits per heavy atom. The monoisotopic (exact) mass is 307 g/mol. The van der Waals surface area contributed by atoms with Gasteiger partial charge in [-0.2, -0.15) is 15.8 Å². The van der Waals surface area contributed by atoms with Crippen LogP contribution in [0.5, 0.6) is 0 Å². The number of nitrogens with zero attached hydrogens (tertiary/aromatic N) is 4. The van der Waals surface area contributed by atoms with E-state index in [4.69, 9.17) is 20.5 Å². The van der Waals surface area contributed by atoms with Gasteiger partial charge in [0.2, 0.25) is 0 Å². The number of carbonyl (C=O) groups excluding carboxylic acids is 1. The van der Waals surface area contributed by atoms with Crippen LogP contribution in [0, 0.1) is 34.0 Å². The Hall–Kier alpha value is -3.50. The van der Waals surface area contributed by atoms with Gasteiger partial charge in [-0.05, 0) is 37.1 Å². The average molecular weight is 307 g/mol. The second-order valence-electron chi connectivity index (χ2n) is 4.65. The molecule has 1 amide bonds. The molecule has 0 saturated heterocycles. The van der Waals surface area contributed by atoms with E-state index in [-0.39, 0.29) is 17.4 Å². The van der Waals surface area contributed by atoms with Crippen molar-refractivity contribution < 1.29 is 9.53 Å². The summed E-state index contributed by atoms with van der Waals surface area (Å²) in [6.45, 7) is 2.59. The summed E-state index contributed by atoms with van der Waals surface area (Å²) >= 11 is 0. The number of amides is 1. The van der Waals surface area contributed by atoms with Crippen LogP contribution >= 0.6 is 0 Å². The lowest BCUT2D eigenvalue weighted by atomic mass is 10.1. The summed E-state index contributed by atoms with van der Waals surface area (Å²) in [5.74, 6) is 0. The van der Waals surface area contributed by atoms with E-state index in [1.54, 1.807) is 48.2 Å². The largest absolute Gasteiger partial charge is 0.449 e. The number of anilines is 2. The highest BCUT2D eigenvalue weighted by atomic mass is 16.6. The molecule has 0 spiro atoms. The SMILES string of the molecule is CCOC(=O)N1CCc2cc(NC(C#N)=C(C#N)C#N)ccc21. The molecule has 1 aromatic rings. The molecule has 0 unspecified atom stereocenters. The maximum Gasteiger partial charge on any atom is 0.414 e. The van der Waals surface area contributed by atoms with Crippen molar-refractivity contribution in [2.75, 3.05) is 23.4 Å². The molecule has 1 aromatic carbocycles. The molecule has 1 heterocycles. The van der Waals surface area contributed by atoms with Gasteiger partial charge in [0.25, 0.3) is 0 Å². The van der Waals surface area contributed by atoms with Crippen molar-refractivity contribution in [3.05, 3.63) is 35.0 Å². The van der Waals surface area contributed by atoms with Crippen LogP contribution in [0.25, 0.3) is 0 Å². The van der Waals surface area contributed by atoms with Crippen molar-refractivity contribution >= 4 is 17.5 Å². The molecule has 1 aliphatic heterocycles. The van der Waals surface area contributed by atoms with Crippen LogP contribution in [0.2, 0.25) is 0 Å². The van der Waals surface area contributed by atoms with Gasteiger partial charge in [-0.15, -0.1) is 0 Å². The van der Waals surface area contributed by atoms with Gasteiger partial charge in [-0.3, -0.25) is 4.90 Å². The number of ether oxygens (including phenoxy) is 1. The highest BCUT2D eigenvalue weighted by molar-refractivity contribution is 5.90. The van der Waals surface area contributed by atoms with E-state index >= 15 is 0 Å². The zero-order valence-corrected chi connectivity index (χ0v) is 12.5. The van der Waals surface area contributed by atoms with Gasteiger partial charge in [0.15, 0.2) is 5.57 Å². The standard InChI is InChI=1S/C16H13N5O2/c1-2-23-16(22)21-6-5-11-7-13(3-4-15(11)21)20-14(10-19)12(8-17)9-18/h3-4,7,20H,2,5-6H2,1H3. The molecule has 0 radical (unpaired) electrons. The fraction of sp³-hybridized carbons (Fsp3) is 0.250. The van der Waals surface area contributed by atoms with Crippen LogP contribution in [-0.4, -0.2) is 19.2 Å². The number of allylic oxidation sites excluding steroid dienone is 2. The van der Waals surface area contributed by atoms with E-state index < -0.39 is 0 Å². The van der Waals surface area contributed by atoms with Gasteiger partial charge in [0.05, 0.1) is 12.3 Å². The Kier molecular flexibility index (Phi) is 4.82. The second kappa shape index (κ2) is 6.98. The third-order valence-electron chi connectivity index (χ3n) is 3.32. The van der Waals surface area contributed by atoms with Crippen LogP contribution in [-0.2, 0) is 11.2 Å². The van der Waals surface area contributed by atoms with E-state index in [2.05, 4.69) is 5.32 Å². The van der Waals surface area contributed by atoms with Gasteiger partial charge in [0.1, 0.15) is 23.9 Å². The summed E-state index contributed by atoms with van der Waals surface area (Å²) in [5.41, 5.74) is 1.89. The van der Waals surface area contributed by atoms with Gasteiger partial charge in [-0.1, -0.05) is 0 Å². The highest BCUT2D eigenvalue weighted by Gasteiger charge is 2.25. The maximum atomic E-state index is 11.8. The van der Waals surface area contributed by atoms with Gasteiger partial charge >= 0.3 is 6.09 Å². The molecule has 0 aliphatic carbocycles. The Bertz CT molecular complexity index is 776. The predicted molar refractivity (Wildman–Crippen MR) is 82.0 cm³/mol. The second-order valence-corrected chi connectivity index (χ2v) is 4.65. The first-order valence-electron chi connectivity index (χ1n) is 6.93. The zero-order valence-electron chi connectivity index (χ0n) is 12.5. The summed E-state index contributed by atoms with van der Waals surface area (Å²) in [4.78, 5) is 13.4. The average Bonchev–Trinajstić information content (AvgIpc) is 2.98. The number of nitrogens with one attached hydrogen (secondary N) is 1. The number of rotatable bonds is 3. The highest BCUT2D eigenvalue weighted by Crippen LogP contribution is 2.31. The molecule has 0 bridgehead atoms. The molecule has 0 fully saturated rings. The smallest absolute Gasteiger partial charge is 0.414 e. The van der Waals surface area contributed by atoms with Crippen LogP contribution < -0.4 is 10.2 Å². The molecule has 0 saturated carbocycles. The molecule has 0 atom stereocenters. The number of hydrogen-bond donors (Lipinski definition) is 1. The Morgan fingerprint density at radius 2 is 2.04 bits per heavy atom. The van der Waals surface area contributed by atoms with Gasteiger partial charge in [-0.25, -0.2) is 4.79 Å². The molecule has 1 aliphatic rings. The minimum absolute atomic E-state index is 0.102. The summed E-state index contributed by atoms with van der Waals surface area (Å²) in [5, 5.41) is 29.5. The minimum atomic E-state index is -0.388. The van der Waals surface area contributed by atoms with Crippen molar-refractivity contribution in [3.8, 4) is 18.2 Å². The normalized spacial score (nSPS) is 11.5. The Balaban J connectivity index is 2.26. The van der Waals surface area contributed by atoms with Gasteiger partial charge in [0, 0.05) is 12.2 Å². The number of benzene rings is 1. The van der Waals surface area contributed by atoms with Crippen molar-refractivity contribution in [2.24, 2.45) is 0 Å². The molecule has 7 nitrogen and oxygen atoms in total. The maximum absolute atomic E-state index is 11.8. The summed E-state index contributed by atoms with van der Waals surface area (Å²) in [6.07, 6.45) is 0.277. The number of carbonyl (C=O) groups is 1. The fourth-order valence-electron chi connectivity index (χ4n) is 2.30. The van der Waals surface area contributed by atoms with Crippen LogP contribution in [0.3, 0.4) is 0 Å². The summed E-state index contributed by atoms with van der Waals surface area (Å²) < 4.78 is 5.00. The van der Waals surface area contributed by atoms with Crippen LogP contribution in [0.4, 0.5) is 16.2 Å². The molecule has 2 rings (SSSR count). The summed E-state index contributed by atoms with van der Waals surface area (Å²) in [7, 11) is 0. The first-order valence-corrected chi connectivity index (χ1v) is 6.93. The number of fused-ring (bicyclic) bond motifs is 1. The van der Waals surface area contributed by atoms with Crippen molar-refractivity contribution in [2.45, 2.75) is 13.3 Å². The van der Waals surface area contributed by atoms with E-state index in [0.717, 1.165) is 11.3 Å². The molecular formula is C16H13N5O2. The predicted octanol–water partition coefficient (Wildman–Crippen LogP) is 2.44. The first-order chi connectivity index (χ1) is 11.1. The molecule has 114 valence electrons. The molecule has 23 heavy (non-hydrogen) atoms. The lowest BCUT2D eigenvalue weighted by molar-refractivity contribution is 0.160. The van der Waals surface area contributed by atoms with Gasteiger partial charge < -0.3 is 10.1 Å². The lowest BCUT2D eigenvalue weighted by Crippen LogP contribution is -2.29. The third kappa shape index (κ3) is 3.23. The quantitative estimate of drug-likeness (QED) is 0.858.